The molecule has 0 saturated heterocycles. The van der Waals surface area contributed by atoms with Crippen LogP contribution in [0.15, 0.2) is 11.8 Å². The number of alkyl halides is 3. The number of hydrogen-bond donors (Lipinski definition) is 0. The van der Waals surface area contributed by atoms with Crippen LogP contribution in [0.1, 0.15) is 26.2 Å². The van der Waals surface area contributed by atoms with Crippen LogP contribution in [0.4, 0.5) is 13.2 Å². The number of allylic oxidation sites excluding steroid dienone is 1. The van der Waals surface area contributed by atoms with Crippen LogP contribution in [-0.4, -0.2) is 19.9 Å². The molecule has 0 aliphatic heterocycles. The van der Waals surface area contributed by atoms with Crippen molar-refractivity contribution >= 4 is 16.1 Å². The van der Waals surface area contributed by atoms with Crippen molar-refractivity contribution in [2.24, 2.45) is 0 Å². The molecule has 0 heterocycles. The molecule has 5 nitrogen and oxygen atoms in total. The van der Waals surface area contributed by atoms with Crippen molar-refractivity contribution in [3.63, 3.8) is 0 Å². The lowest BCUT2D eigenvalue weighted by atomic mass is 10.2. The van der Waals surface area contributed by atoms with E-state index in [1.54, 1.807) is 6.92 Å². The van der Waals surface area contributed by atoms with E-state index in [2.05, 4.69) is 4.18 Å². The van der Waals surface area contributed by atoms with E-state index in [1.807, 2.05) is 0 Å². The first-order valence-electron chi connectivity index (χ1n) is 4.52. The Kier molecular flexibility index (Phi) is 5.46. The molecule has 0 aromatic heterocycles. The lowest BCUT2D eigenvalue weighted by Crippen LogP contribution is -2.26. The molecule has 0 radical (unpaired) electrons. The Morgan fingerprint density at radius 3 is 2.29 bits per heavy atom. The quantitative estimate of drug-likeness (QED) is 0.308. The van der Waals surface area contributed by atoms with Crippen molar-refractivity contribution in [3.05, 3.63) is 11.8 Å². The maximum absolute atomic E-state index is 12.0. The first kappa shape index (κ1) is 15.8. The van der Waals surface area contributed by atoms with Gasteiger partial charge < -0.3 is 14.1 Å². The van der Waals surface area contributed by atoms with Gasteiger partial charge in [0.2, 0.25) is 0 Å². The molecule has 0 unspecified atom stereocenters. The molecular formula is C8H10F3O5S-. The summed E-state index contributed by atoms with van der Waals surface area (Å²) in [4.78, 5) is 10.2. The highest BCUT2D eigenvalue weighted by Crippen LogP contribution is 2.27. The number of hydrogen-bond acceptors (Lipinski definition) is 5. The van der Waals surface area contributed by atoms with E-state index in [0.29, 0.717) is 6.42 Å². The normalized spacial score (nSPS) is 13.5. The zero-order valence-corrected chi connectivity index (χ0v) is 9.60. The van der Waals surface area contributed by atoms with Gasteiger partial charge in [0.05, 0.1) is 5.97 Å². The van der Waals surface area contributed by atoms with Gasteiger partial charge >= 0.3 is 15.6 Å². The molecule has 0 saturated carbocycles. The molecule has 0 aliphatic rings. The largest absolute Gasteiger partial charge is 0.545 e. The standard InChI is InChI=1S/C8H11F3O5S/c1-2-3-4-6(5-7(12)13)16-17(14,15)8(9,10)11/h5H,2-4H2,1H3,(H,12,13)/p-1. The topological polar surface area (TPSA) is 83.5 Å². The molecule has 0 bridgehead atoms. The van der Waals surface area contributed by atoms with Crippen LogP contribution >= 0.6 is 0 Å². The van der Waals surface area contributed by atoms with Crippen LogP contribution in [0.25, 0.3) is 0 Å². The van der Waals surface area contributed by atoms with Crippen molar-refractivity contribution in [1.29, 1.82) is 0 Å². The van der Waals surface area contributed by atoms with Crippen LogP contribution in [-0.2, 0) is 19.1 Å². The van der Waals surface area contributed by atoms with Gasteiger partial charge in [-0.2, -0.15) is 21.6 Å². The van der Waals surface area contributed by atoms with Gasteiger partial charge in [-0.15, -0.1) is 0 Å². The zero-order chi connectivity index (χ0) is 13.7. The molecule has 0 aromatic rings. The maximum Gasteiger partial charge on any atom is 0.534 e. The highest BCUT2D eigenvalue weighted by atomic mass is 32.2. The second kappa shape index (κ2) is 5.89. The summed E-state index contributed by atoms with van der Waals surface area (Å²) in [6.45, 7) is 1.69. The minimum Gasteiger partial charge on any atom is -0.545 e. The minimum absolute atomic E-state index is 0.193. The third-order valence-electron chi connectivity index (χ3n) is 1.56. The average molecular weight is 275 g/mol. The zero-order valence-electron chi connectivity index (χ0n) is 8.78. The number of aliphatic carboxylic acids is 1. The molecule has 9 heteroatoms. The van der Waals surface area contributed by atoms with Gasteiger partial charge in [0.1, 0.15) is 5.76 Å². The fraction of sp³-hybridized carbons (Fsp3) is 0.625. The number of carboxylic acids is 1. The Hall–Kier alpha value is -1.25. The number of halogens is 3. The Morgan fingerprint density at radius 1 is 1.41 bits per heavy atom. The second-order valence-corrected chi connectivity index (χ2v) is 4.55. The number of carbonyl (C=O) groups is 1. The predicted molar refractivity (Wildman–Crippen MR) is 48.7 cm³/mol. The lowest BCUT2D eigenvalue weighted by molar-refractivity contribution is -0.297. The molecule has 0 aliphatic carbocycles. The van der Waals surface area contributed by atoms with E-state index in [4.69, 9.17) is 0 Å². The van der Waals surface area contributed by atoms with E-state index in [1.165, 1.54) is 0 Å². The van der Waals surface area contributed by atoms with Gasteiger partial charge in [-0.05, 0) is 6.42 Å². The van der Waals surface area contributed by atoms with E-state index >= 15 is 0 Å². The summed E-state index contributed by atoms with van der Waals surface area (Å²) in [6, 6.07) is 0. The fourth-order valence-corrected chi connectivity index (χ4v) is 1.32. The molecular weight excluding hydrogens is 265 g/mol. The summed E-state index contributed by atoms with van der Waals surface area (Å²) >= 11 is 0. The molecule has 0 spiro atoms. The first-order valence-corrected chi connectivity index (χ1v) is 5.93. The van der Waals surface area contributed by atoms with Crippen molar-refractivity contribution in [1.82, 2.24) is 0 Å². The summed E-state index contributed by atoms with van der Waals surface area (Å²) in [5.41, 5.74) is -5.59. The Morgan fingerprint density at radius 2 is 1.94 bits per heavy atom. The Bertz CT molecular complexity index is 396. The number of carboxylic acid groups (broad SMARTS) is 1. The molecule has 0 N–H and O–H groups in total. The minimum atomic E-state index is -5.83. The average Bonchev–Trinajstić information content (AvgIpc) is 2.10. The molecule has 0 fully saturated rings. The smallest absolute Gasteiger partial charge is 0.534 e. The summed E-state index contributed by atoms with van der Waals surface area (Å²) in [6.07, 6.45) is 0.769. The summed E-state index contributed by atoms with van der Waals surface area (Å²) < 4.78 is 60.8. The van der Waals surface area contributed by atoms with Gasteiger partial charge in [-0.25, -0.2) is 0 Å². The highest BCUT2D eigenvalue weighted by Gasteiger charge is 2.48. The molecule has 0 atom stereocenters. The van der Waals surface area contributed by atoms with Gasteiger partial charge in [-0.3, -0.25) is 0 Å². The monoisotopic (exact) mass is 275 g/mol. The highest BCUT2D eigenvalue weighted by molar-refractivity contribution is 7.87. The maximum atomic E-state index is 12.0. The van der Waals surface area contributed by atoms with E-state index in [-0.39, 0.29) is 18.9 Å². The van der Waals surface area contributed by atoms with Crippen molar-refractivity contribution in [2.75, 3.05) is 0 Å². The number of carbonyl (C=O) groups excluding carboxylic acids is 1. The van der Waals surface area contributed by atoms with Gasteiger partial charge in [0.25, 0.3) is 0 Å². The molecule has 0 rings (SSSR count). The summed E-state index contributed by atoms with van der Waals surface area (Å²) in [5.74, 6) is -2.63. The number of rotatable bonds is 6. The molecule has 0 amide bonds. The first-order chi connectivity index (χ1) is 7.60. The third kappa shape index (κ3) is 5.57. The van der Waals surface area contributed by atoms with Gasteiger partial charge in [0.15, 0.2) is 0 Å². The van der Waals surface area contributed by atoms with E-state index < -0.39 is 27.4 Å². The van der Waals surface area contributed by atoms with Crippen LogP contribution in [0.2, 0.25) is 0 Å². The summed E-state index contributed by atoms with van der Waals surface area (Å²) in [7, 11) is -5.83. The Balaban J connectivity index is 4.95. The van der Waals surface area contributed by atoms with E-state index in [0.717, 1.165) is 0 Å². The van der Waals surface area contributed by atoms with Gasteiger partial charge in [0, 0.05) is 12.5 Å². The van der Waals surface area contributed by atoms with Crippen molar-refractivity contribution < 1.29 is 35.7 Å². The lowest BCUT2D eigenvalue weighted by Gasteiger charge is -2.12. The van der Waals surface area contributed by atoms with Crippen molar-refractivity contribution in [2.45, 2.75) is 31.7 Å². The molecule has 0 aromatic carbocycles. The molecule has 100 valence electrons. The Labute approximate surface area is 96.0 Å². The van der Waals surface area contributed by atoms with Crippen molar-refractivity contribution in [3.8, 4) is 0 Å². The van der Waals surface area contributed by atoms with Crippen LogP contribution in [0, 0.1) is 0 Å². The fourth-order valence-electron chi connectivity index (χ4n) is 0.809. The molecule has 17 heavy (non-hydrogen) atoms. The van der Waals surface area contributed by atoms with E-state index in [9.17, 15) is 31.5 Å². The second-order valence-electron chi connectivity index (χ2n) is 3.02. The SMILES string of the molecule is CCCCC(=CC(=O)[O-])OS(=O)(=O)C(F)(F)F. The van der Waals surface area contributed by atoms with Gasteiger partial charge in [-0.1, -0.05) is 13.3 Å². The van der Waals surface area contributed by atoms with Crippen LogP contribution in [0.5, 0.6) is 0 Å². The summed E-state index contributed by atoms with van der Waals surface area (Å²) in [5, 5.41) is 10.2. The van der Waals surface area contributed by atoms with Crippen LogP contribution in [0.3, 0.4) is 0 Å². The third-order valence-corrected chi connectivity index (χ3v) is 2.56. The van der Waals surface area contributed by atoms with Crippen LogP contribution < -0.4 is 5.11 Å². The predicted octanol–water partition coefficient (Wildman–Crippen LogP) is 0.677. The number of unbranched alkanes of at least 4 members (excludes halogenated alkanes) is 1.